The molecule has 1 fully saturated rings. The molecule has 0 aliphatic heterocycles. The molecular weight excluding hydrogens is 396 g/mol. The first kappa shape index (κ1) is 17.7. The summed E-state index contributed by atoms with van der Waals surface area (Å²) in [5, 5.41) is 3.99. The Kier molecular flexibility index (Phi) is 4.02. The maximum atomic E-state index is 12.9. The van der Waals surface area contributed by atoms with E-state index in [2.05, 4.69) is 19.8 Å². The molecule has 10 heteroatoms. The molecule has 148 valence electrons. The number of rotatable bonds is 6. The van der Waals surface area contributed by atoms with Gasteiger partial charge in [-0.25, -0.2) is 13.2 Å². The lowest BCUT2D eigenvalue weighted by molar-refractivity contribution is 0.379. The van der Waals surface area contributed by atoms with Gasteiger partial charge in [0.05, 0.1) is 22.5 Å². The van der Waals surface area contributed by atoms with Gasteiger partial charge in [0.25, 0.3) is 10.0 Å². The van der Waals surface area contributed by atoms with Crippen LogP contribution in [0, 0.1) is 0 Å². The summed E-state index contributed by atoms with van der Waals surface area (Å²) in [5.41, 5.74) is 1.72. The number of hydrogen-bond acceptors (Lipinski definition) is 7. The van der Waals surface area contributed by atoms with E-state index < -0.39 is 15.8 Å². The highest BCUT2D eigenvalue weighted by atomic mass is 32.2. The second kappa shape index (κ2) is 6.59. The predicted molar refractivity (Wildman–Crippen MR) is 103 cm³/mol. The van der Waals surface area contributed by atoms with Crippen molar-refractivity contribution >= 4 is 26.8 Å². The molecule has 1 saturated carbocycles. The average molecular weight is 412 g/mol. The van der Waals surface area contributed by atoms with Crippen molar-refractivity contribution in [3.8, 4) is 0 Å². The molecule has 1 aliphatic carbocycles. The van der Waals surface area contributed by atoms with Crippen molar-refractivity contribution in [2.24, 2.45) is 0 Å². The van der Waals surface area contributed by atoms with E-state index in [1.807, 2.05) is 6.07 Å². The van der Waals surface area contributed by atoms with Crippen molar-refractivity contribution in [1.29, 1.82) is 0 Å². The second-order valence-corrected chi connectivity index (χ2v) is 8.61. The molecule has 4 aromatic rings. The summed E-state index contributed by atoms with van der Waals surface area (Å²) in [6.07, 6.45) is 2.45. The summed E-state index contributed by atoms with van der Waals surface area (Å²) in [5.74, 6) is 0.889. The van der Waals surface area contributed by atoms with E-state index in [0.29, 0.717) is 40.8 Å². The first-order valence-electron chi connectivity index (χ1n) is 9.04. The van der Waals surface area contributed by atoms with E-state index in [0.717, 1.165) is 12.8 Å². The largest absolute Gasteiger partial charge is 0.417 e. The molecule has 0 bridgehead atoms. The first-order valence-corrected chi connectivity index (χ1v) is 10.5. The Bertz CT molecular complexity index is 1360. The van der Waals surface area contributed by atoms with E-state index in [-0.39, 0.29) is 10.5 Å². The number of oxazole rings is 1. The number of nitrogens with zero attached hydrogens (tertiary/aromatic N) is 2. The molecule has 0 spiro atoms. The molecule has 0 amide bonds. The Morgan fingerprint density at radius 1 is 1.17 bits per heavy atom. The number of fused-ring (bicyclic) bond motifs is 1. The van der Waals surface area contributed by atoms with Gasteiger partial charge in [0.2, 0.25) is 5.89 Å². The van der Waals surface area contributed by atoms with Crippen LogP contribution in [0.3, 0.4) is 0 Å². The number of hydrogen-bond donors (Lipinski definition) is 2. The van der Waals surface area contributed by atoms with Gasteiger partial charge in [-0.15, -0.1) is 0 Å². The zero-order valence-electron chi connectivity index (χ0n) is 15.1. The van der Waals surface area contributed by atoms with Gasteiger partial charge in [-0.3, -0.25) is 9.71 Å². The molecule has 1 aliphatic rings. The average Bonchev–Trinajstić information content (AvgIpc) is 3.31. The number of para-hydroxylation sites is 1. The Balaban J connectivity index is 1.43. The Labute approximate surface area is 164 Å². The summed E-state index contributed by atoms with van der Waals surface area (Å²) < 4.78 is 38.6. The number of aromatic nitrogens is 3. The van der Waals surface area contributed by atoms with Crippen LogP contribution in [-0.4, -0.2) is 23.5 Å². The zero-order valence-corrected chi connectivity index (χ0v) is 15.9. The maximum absolute atomic E-state index is 12.9. The van der Waals surface area contributed by atoms with Crippen LogP contribution in [-0.2, 0) is 16.4 Å². The van der Waals surface area contributed by atoms with Crippen LogP contribution in [0.15, 0.2) is 61.1 Å². The Morgan fingerprint density at radius 3 is 2.83 bits per heavy atom. The minimum Gasteiger partial charge on any atom is -0.408 e. The standard InChI is InChI=1S/C19H16N4O5S/c24-19-20-15-10-13(7-8-16(15)27-19)29(25,26)23-14-4-2-1-3-12(14)9-17-21-18(22-28-17)11-5-6-11/h1-4,7-8,10-11,23H,5-6,9H2,(H,20,24). The van der Waals surface area contributed by atoms with Gasteiger partial charge in [0.15, 0.2) is 11.4 Å². The highest BCUT2D eigenvalue weighted by molar-refractivity contribution is 7.92. The summed E-state index contributed by atoms with van der Waals surface area (Å²) in [6, 6.07) is 11.2. The highest BCUT2D eigenvalue weighted by Gasteiger charge is 2.29. The molecule has 0 radical (unpaired) electrons. The quantitative estimate of drug-likeness (QED) is 0.498. The van der Waals surface area contributed by atoms with Gasteiger partial charge in [-0.1, -0.05) is 23.4 Å². The van der Waals surface area contributed by atoms with Gasteiger partial charge in [0, 0.05) is 5.92 Å². The molecule has 0 unspecified atom stereocenters. The van der Waals surface area contributed by atoms with E-state index in [9.17, 15) is 13.2 Å². The van der Waals surface area contributed by atoms with Crippen LogP contribution < -0.4 is 10.5 Å². The summed E-state index contributed by atoms with van der Waals surface area (Å²) in [7, 11) is -3.89. The normalized spacial score (nSPS) is 14.3. The highest BCUT2D eigenvalue weighted by Crippen LogP contribution is 2.38. The predicted octanol–water partition coefficient (Wildman–Crippen LogP) is 2.77. The summed E-state index contributed by atoms with van der Waals surface area (Å²) >= 11 is 0. The molecule has 2 N–H and O–H groups in total. The molecule has 2 aromatic carbocycles. The van der Waals surface area contributed by atoms with Gasteiger partial charge in [-0.05, 0) is 42.7 Å². The lowest BCUT2D eigenvalue weighted by Crippen LogP contribution is -2.14. The van der Waals surface area contributed by atoms with Crippen molar-refractivity contribution in [2.75, 3.05) is 4.72 Å². The molecule has 29 heavy (non-hydrogen) atoms. The van der Waals surface area contributed by atoms with E-state index in [4.69, 9.17) is 8.94 Å². The van der Waals surface area contributed by atoms with Crippen molar-refractivity contribution in [2.45, 2.75) is 30.1 Å². The van der Waals surface area contributed by atoms with Gasteiger partial charge < -0.3 is 8.94 Å². The lowest BCUT2D eigenvalue weighted by Gasteiger charge is -2.11. The Morgan fingerprint density at radius 2 is 2.00 bits per heavy atom. The van der Waals surface area contributed by atoms with Crippen LogP contribution in [0.5, 0.6) is 0 Å². The third-order valence-corrected chi connectivity index (χ3v) is 6.09. The monoisotopic (exact) mass is 412 g/mol. The number of anilines is 1. The molecule has 0 atom stereocenters. The molecule has 9 nitrogen and oxygen atoms in total. The van der Waals surface area contributed by atoms with E-state index >= 15 is 0 Å². The SMILES string of the molecule is O=c1[nH]c2cc(S(=O)(=O)Nc3ccccc3Cc3nc(C4CC4)no3)ccc2o1. The van der Waals surface area contributed by atoms with Gasteiger partial charge >= 0.3 is 5.76 Å². The zero-order chi connectivity index (χ0) is 20.0. The number of benzene rings is 2. The number of aromatic amines is 1. The van der Waals surface area contributed by atoms with Crippen LogP contribution in [0.25, 0.3) is 11.1 Å². The van der Waals surface area contributed by atoms with Crippen LogP contribution >= 0.6 is 0 Å². The number of nitrogens with one attached hydrogen (secondary N) is 2. The van der Waals surface area contributed by atoms with Crippen molar-refractivity contribution in [1.82, 2.24) is 15.1 Å². The smallest absolute Gasteiger partial charge is 0.408 e. The fourth-order valence-electron chi connectivity index (χ4n) is 3.09. The van der Waals surface area contributed by atoms with Crippen LogP contribution in [0.4, 0.5) is 5.69 Å². The third kappa shape index (κ3) is 3.54. The van der Waals surface area contributed by atoms with Gasteiger partial charge in [0.1, 0.15) is 0 Å². The fraction of sp³-hybridized carbons (Fsp3) is 0.211. The fourth-order valence-corrected chi connectivity index (χ4v) is 4.21. The molecular formula is C19H16N4O5S. The number of H-pyrrole nitrogens is 1. The second-order valence-electron chi connectivity index (χ2n) is 6.93. The minimum atomic E-state index is -3.89. The summed E-state index contributed by atoms with van der Waals surface area (Å²) in [4.78, 5) is 18.2. The molecule has 5 rings (SSSR count). The van der Waals surface area contributed by atoms with E-state index in [1.54, 1.807) is 18.2 Å². The summed E-state index contributed by atoms with van der Waals surface area (Å²) in [6.45, 7) is 0. The van der Waals surface area contributed by atoms with Crippen LogP contribution in [0.2, 0.25) is 0 Å². The van der Waals surface area contributed by atoms with Crippen molar-refractivity contribution < 1.29 is 17.4 Å². The molecule has 2 heterocycles. The first-order chi connectivity index (χ1) is 14.0. The third-order valence-electron chi connectivity index (χ3n) is 4.73. The van der Waals surface area contributed by atoms with Crippen molar-refractivity contribution in [3.63, 3.8) is 0 Å². The van der Waals surface area contributed by atoms with Crippen LogP contribution in [0.1, 0.15) is 36.0 Å². The Hall–Kier alpha value is -3.40. The van der Waals surface area contributed by atoms with Gasteiger partial charge in [-0.2, -0.15) is 4.98 Å². The lowest BCUT2D eigenvalue weighted by atomic mass is 10.1. The minimum absolute atomic E-state index is 0.00524. The van der Waals surface area contributed by atoms with Crippen molar-refractivity contribution in [3.05, 3.63) is 70.3 Å². The topological polar surface area (TPSA) is 131 Å². The molecule has 0 saturated heterocycles. The molecule has 2 aromatic heterocycles. The maximum Gasteiger partial charge on any atom is 0.417 e. The van der Waals surface area contributed by atoms with E-state index in [1.165, 1.54) is 18.2 Å². The number of sulfonamides is 1.